The zero-order valence-electron chi connectivity index (χ0n) is 19.5. The number of aromatic nitrogens is 3. The zero-order chi connectivity index (χ0) is 25.1. The Kier molecular flexibility index (Phi) is 6.02. The van der Waals surface area contributed by atoms with E-state index in [1.165, 1.54) is 0 Å². The van der Waals surface area contributed by atoms with E-state index in [1.807, 2.05) is 67.6 Å². The summed E-state index contributed by atoms with van der Waals surface area (Å²) in [6.45, 7) is 1.84. The number of nitrogen functional groups attached to an aromatic ring is 2. The van der Waals surface area contributed by atoms with Gasteiger partial charge in [0.05, 0.1) is 5.52 Å². The molecule has 5 aromatic rings. The predicted octanol–water partition coefficient (Wildman–Crippen LogP) is 5.24. The van der Waals surface area contributed by atoms with E-state index in [0.29, 0.717) is 22.8 Å². The van der Waals surface area contributed by atoms with Crippen LogP contribution in [-0.4, -0.2) is 20.9 Å². The van der Waals surface area contributed by atoms with Crippen molar-refractivity contribution < 1.29 is 4.79 Å². The van der Waals surface area contributed by atoms with Crippen molar-refractivity contribution in [3.63, 3.8) is 0 Å². The molecule has 1 amide bonds. The third-order valence-electron chi connectivity index (χ3n) is 5.48. The zero-order valence-corrected chi connectivity index (χ0v) is 19.5. The Morgan fingerprint density at radius 2 is 1.47 bits per heavy atom. The molecule has 0 radical (unpaired) electrons. The van der Waals surface area contributed by atoms with Crippen LogP contribution < -0.4 is 27.4 Å². The molecule has 2 aromatic heterocycles. The second-order valence-electron chi connectivity index (χ2n) is 8.25. The SMILES string of the molecule is Cc1cc(Nc2ccc(C(=O)Nc3ccc(Nc4ccnc5cc(N)ccc45)cc3)cc2)nc(N)n1. The van der Waals surface area contributed by atoms with Gasteiger partial charge in [0.1, 0.15) is 5.82 Å². The smallest absolute Gasteiger partial charge is 0.255 e. The summed E-state index contributed by atoms with van der Waals surface area (Å²) in [6.07, 6.45) is 1.74. The average molecular weight is 477 g/mol. The monoisotopic (exact) mass is 476 g/mol. The minimum Gasteiger partial charge on any atom is -0.399 e. The van der Waals surface area contributed by atoms with E-state index in [0.717, 1.165) is 33.7 Å². The summed E-state index contributed by atoms with van der Waals surface area (Å²) in [7, 11) is 0. The van der Waals surface area contributed by atoms with Gasteiger partial charge >= 0.3 is 0 Å². The molecule has 0 aliphatic carbocycles. The number of anilines is 7. The highest BCUT2D eigenvalue weighted by Crippen LogP contribution is 2.27. The first kappa shape index (κ1) is 22.6. The maximum atomic E-state index is 12.7. The molecule has 0 saturated carbocycles. The fraction of sp³-hybridized carbons (Fsp3) is 0.0370. The van der Waals surface area contributed by atoms with Gasteiger partial charge in [-0.2, -0.15) is 4.98 Å². The fourth-order valence-corrected chi connectivity index (χ4v) is 3.78. The predicted molar refractivity (Wildman–Crippen MR) is 145 cm³/mol. The van der Waals surface area contributed by atoms with Gasteiger partial charge in [-0.05, 0) is 79.7 Å². The number of nitrogens with zero attached hydrogens (tertiary/aromatic N) is 3. The Hall–Kier alpha value is -5.18. The van der Waals surface area contributed by atoms with Gasteiger partial charge in [0.15, 0.2) is 0 Å². The molecular formula is C27H24N8O. The first-order chi connectivity index (χ1) is 17.4. The normalized spacial score (nSPS) is 10.7. The number of fused-ring (bicyclic) bond motifs is 1. The van der Waals surface area contributed by atoms with Crippen molar-refractivity contribution in [1.29, 1.82) is 0 Å². The summed E-state index contributed by atoms with van der Waals surface area (Å²) in [4.78, 5) is 25.3. The molecule has 0 aliphatic heterocycles. The van der Waals surface area contributed by atoms with Crippen LogP contribution in [0.4, 0.5) is 40.2 Å². The van der Waals surface area contributed by atoms with Crippen LogP contribution in [0.25, 0.3) is 10.9 Å². The minimum atomic E-state index is -0.206. The second kappa shape index (κ2) is 9.59. The molecule has 0 aliphatic rings. The van der Waals surface area contributed by atoms with E-state index in [1.54, 1.807) is 24.4 Å². The first-order valence-corrected chi connectivity index (χ1v) is 11.2. The standard InChI is InChI=1S/C27H24N8O/c1-16-14-25(35-27(29)31-16)33-20-5-2-17(3-6-20)26(36)34-21-9-7-19(8-10-21)32-23-12-13-30-24-15-18(28)4-11-22(23)24/h2-15H,28H2,1H3,(H,30,32)(H,34,36)(H3,29,31,33,35). The maximum Gasteiger partial charge on any atom is 0.255 e. The minimum absolute atomic E-state index is 0.203. The summed E-state index contributed by atoms with van der Waals surface area (Å²) in [5.74, 6) is 0.589. The fourth-order valence-electron chi connectivity index (χ4n) is 3.78. The van der Waals surface area contributed by atoms with Crippen molar-refractivity contribution in [2.75, 3.05) is 27.4 Å². The number of hydrogen-bond acceptors (Lipinski definition) is 8. The van der Waals surface area contributed by atoms with Gasteiger partial charge in [0, 0.05) is 57.3 Å². The van der Waals surface area contributed by atoms with Crippen LogP contribution in [-0.2, 0) is 0 Å². The molecule has 0 saturated heterocycles. The van der Waals surface area contributed by atoms with Crippen LogP contribution in [0.15, 0.2) is 85.1 Å². The van der Waals surface area contributed by atoms with Gasteiger partial charge in [0.2, 0.25) is 5.95 Å². The Morgan fingerprint density at radius 3 is 2.22 bits per heavy atom. The lowest BCUT2D eigenvalue weighted by atomic mass is 10.1. The third-order valence-corrected chi connectivity index (χ3v) is 5.48. The van der Waals surface area contributed by atoms with Crippen molar-refractivity contribution in [3.8, 4) is 0 Å². The molecule has 9 nitrogen and oxygen atoms in total. The van der Waals surface area contributed by atoms with Gasteiger partial charge in [-0.1, -0.05) is 0 Å². The number of nitrogens with two attached hydrogens (primary N) is 2. The summed E-state index contributed by atoms with van der Waals surface area (Å²) >= 11 is 0. The van der Waals surface area contributed by atoms with E-state index in [9.17, 15) is 4.79 Å². The number of carbonyl (C=O) groups is 1. The molecule has 5 rings (SSSR count). The summed E-state index contributed by atoms with van der Waals surface area (Å²) in [5.41, 5.74) is 17.6. The lowest BCUT2D eigenvalue weighted by Gasteiger charge is -2.11. The lowest BCUT2D eigenvalue weighted by molar-refractivity contribution is 0.102. The third kappa shape index (κ3) is 5.15. The van der Waals surface area contributed by atoms with E-state index in [-0.39, 0.29) is 11.9 Å². The summed E-state index contributed by atoms with van der Waals surface area (Å²) in [6, 6.07) is 23.9. The van der Waals surface area contributed by atoms with E-state index >= 15 is 0 Å². The van der Waals surface area contributed by atoms with E-state index in [4.69, 9.17) is 11.5 Å². The summed E-state index contributed by atoms with van der Waals surface area (Å²) < 4.78 is 0. The van der Waals surface area contributed by atoms with Crippen LogP contribution in [0, 0.1) is 6.92 Å². The molecule has 9 heteroatoms. The Morgan fingerprint density at radius 1 is 0.778 bits per heavy atom. The van der Waals surface area contributed by atoms with Crippen LogP contribution in [0.1, 0.15) is 16.1 Å². The highest BCUT2D eigenvalue weighted by atomic mass is 16.1. The van der Waals surface area contributed by atoms with Crippen LogP contribution >= 0.6 is 0 Å². The topological polar surface area (TPSA) is 144 Å². The van der Waals surface area contributed by atoms with E-state index < -0.39 is 0 Å². The van der Waals surface area contributed by atoms with Crippen LogP contribution in [0.2, 0.25) is 0 Å². The number of aryl methyl sites for hydroxylation is 1. The molecule has 7 N–H and O–H groups in total. The second-order valence-corrected chi connectivity index (χ2v) is 8.25. The Balaban J connectivity index is 1.23. The number of rotatable bonds is 6. The molecule has 178 valence electrons. The molecule has 0 unspecified atom stereocenters. The van der Waals surface area contributed by atoms with Gasteiger partial charge in [-0.3, -0.25) is 9.78 Å². The van der Waals surface area contributed by atoms with Crippen molar-refractivity contribution in [2.45, 2.75) is 6.92 Å². The molecule has 0 bridgehead atoms. The lowest BCUT2D eigenvalue weighted by Crippen LogP contribution is -2.11. The van der Waals surface area contributed by atoms with Gasteiger partial charge in [-0.15, -0.1) is 0 Å². The van der Waals surface area contributed by atoms with Gasteiger partial charge in [0.25, 0.3) is 5.91 Å². The number of hydrogen-bond donors (Lipinski definition) is 5. The average Bonchev–Trinajstić information content (AvgIpc) is 2.85. The molecule has 36 heavy (non-hydrogen) atoms. The van der Waals surface area contributed by atoms with Crippen LogP contribution in [0.3, 0.4) is 0 Å². The molecule has 3 aromatic carbocycles. The van der Waals surface area contributed by atoms with Crippen molar-refractivity contribution in [2.24, 2.45) is 0 Å². The van der Waals surface area contributed by atoms with E-state index in [2.05, 4.69) is 30.9 Å². The molecule has 0 spiro atoms. The number of carbonyl (C=O) groups excluding carboxylic acids is 1. The molecule has 2 heterocycles. The van der Waals surface area contributed by atoms with Crippen molar-refractivity contribution in [3.05, 3.63) is 96.3 Å². The van der Waals surface area contributed by atoms with Crippen molar-refractivity contribution in [1.82, 2.24) is 15.0 Å². The highest BCUT2D eigenvalue weighted by molar-refractivity contribution is 6.04. The quantitative estimate of drug-likeness (QED) is 0.209. The van der Waals surface area contributed by atoms with Gasteiger partial charge < -0.3 is 27.4 Å². The maximum absolute atomic E-state index is 12.7. The molecular weight excluding hydrogens is 452 g/mol. The number of nitrogens with one attached hydrogen (secondary N) is 3. The largest absolute Gasteiger partial charge is 0.399 e. The first-order valence-electron chi connectivity index (χ1n) is 11.2. The highest BCUT2D eigenvalue weighted by Gasteiger charge is 2.08. The van der Waals surface area contributed by atoms with Gasteiger partial charge in [-0.25, -0.2) is 4.98 Å². The number of pyridine rings is 1. The summed E-state index contributed by atoms with van der Waals surface area (Å²) in [5, 5.41) is 10.4. The molecule has 0 fully saturated rings. The molecule has 0 atom stereocenters. The van der Waals surface area contributed by atoms with Crippen LogP contribution in [0.5, 0.6) is 0 Å². The Bertz CT molecular complexity index is 1530. The number of amides is 1. The Labute approximate surface area is 207 Å². The number of benzene rings is 3. The van der Waals surface area contributed by atoms with Crippen molar-refractivity contribution >= 4 is 57.0 Å².